The van der Waals surface area contributed by atoms with E-state index in [1.165, 1.54) is 24.3 Å². The summed E-state index contributed by atoms with van der Waals surface area (Å²) in [5, 5.41) is 2.02. The summed E-state index contributed by atoms with van der Waals surface area (Å²) in [5.74, 6) is -3.80. The van der Waals surface area contributed by atoms with Crippen LogP contribution in [0.2, 0.25) is 0 Å². The molecule has 2 aromatic rings. The van der Waals surface area contributed by atoms with Crippen LogP contribution in [0.4, 0.5) is 14.5 Å². The summed E-state index contributed by atoms with van der Waals surface area (Å²) in [4.78, 5) is 24.5. The van der Waals surface area contributed by atoms with Crippen molar-refractivity contribution in [3.63, 3.8) is 0 Å². The van der Waals surface area contributed by atoms with E-state index in [2.05, 4.69) is 20.8 Å². The monoisotopic (exact) mass is 506 g/mol. The molecule has 1 aliphatic carbocycles. The Balaban J connectivity index is 1.45. The van der Waals surface area contributed by atoms with E-state index in [1.54, 1.807) is 4.31 Å². The number of fused-ring (bicyclic) bond motifs is 2. The normalized spacial score (nSPS) is 23.6. The number of nitrogens with zero attached hydrogens (tertiary/aromatic N) is 1. The number of carbonyl (C=O) groups excluding carboxylic acids is 2. The summed E-state index contributed by atoms with van der Waals surface area (Å²) in [6, 6.07) is 8.47. The number of benzene rings is 2. The molecule has 1 heterocycles. The molecule has 1 saturated heterocycles. The highest BCUT2D eigenvalue weighted by atomic mass is 32.2. The third-order valence-corrected chi connectivity index (χ3v) is 8.50. The smallest absolute Gasteiger partial charge is 0.338 e. The van der Waals surface area contributed by atoms with Gasteiger partial charge in [-0.2, -0.15) is 4.31 Å². The Morgan fingerprint density at radius 3 is 2.43 bits per heavy atom. The molecule has 1 saturated carbocycles. The van der Waals surface area contributed by atoms with Gasteiger partial charge in [0.2, 0.25) is 10.0 Å². The van der Waals surface area contributed by atoms with Gasteiger partial charge in [-0.25, -0.2) is 22.0 Å². The number of esters is 1. The lowest BCUT2D eigenvalue weighted by Crippen LogP contribution is -2.37. The van der Waals surface area contributed by atoms with Crippen LogP contribution < -0.4 is 5.32 Å². The van der Waals surface area contributed by atoms with Crippen LogP contribution in [0.25, 0.3) is 0 Å². The number of halogens is 2. The topological polar surface area (TPSA) is 92.8 Å². The maximum Gasteiger partial charge on any atom is 0.338 e. The van der Waals surface area contributed by atoms with Crippen LogP contribution in [-0.2, 0) is 19.6 Å². The Labute approximate surface area is 203 Å². The van der Waals surface area contributed by atoms with Crippen LogP contribution in [0.5, 0.6) is 0 Å². The van der Waals surface area contributed by atoms with Crippen molar-refractivity contribution in [2.45, 2.75) is 51.0 Å². The molecule has 2 bridgehead atoms. The highest BCUT2D eigenvalue weighted by Gasteiger charge is 2.53. The van der Waals surface area contributed by atoms with Crippen molar-refractivity contribution in [2.75, 3.05) is 18.5 Å². The molecule has 0 aromatic heterocycles. The van der Waals surface area contributed by atoms with Gasteiger partial charge in [0.1, 0.15) is 17.3 Å². The van der Waals surface area contributed by atoms with Crippen molar-refractivity contribution in [3.05, 3.63) is 59.7 Å². The summed E-state index contributed by atoms with van der Waals surface area (Å²) in [6.07, 6.45) is 2.50. The standard InChI is InChI=1S/C25H28F2N2O5S/c1-24(2)11-17-12-25(3,14-24)15-29(17)35(32,33)18-7-4-6-16(10-18)23(31)34-13-21(30)28-22-19(26)8-5-9-20(22)27/h4-10,17H,11-15H2,1-3H3,(H,28,30). The molecule has 4 rings (SSSR count). The number of anilines is 1. The fraction of sp³-hybridized carbons (Fsp3) is 0.440. The quantitative estimate of drug-likeness (QED) is 0.588. The molecule has 7 nitrogen and oxygen atoms in total. The first-order chi connectivity index (χ1) is 16.3. The number of hydrogen-bond acceptors (Lipinski definition) is 5. The van der Waals surface area contributed by atoms with Crippen molar-refractivity contribution in [2.24, 2.45) is 10.8 Å². The summed E-state index contributed by atoms with van der Waals surface area (Å²) in [7, 11) is -3.86. The van der Waals surface area contributed by atoms with Gasteiger partial charge >= 0.3 is 5.97 Å². The van der Waals surface area contributed by atoms with Gasteiger partial charge in [0, 0.05) is 12.6 Å². The Morgan fingerprint density at radius 1 is 1.09 bits per heavy atom. The summed E-state index contributed by atoms with van der Waals surface area (Å²) < 4.78 is 60.8. The molecule has 2 atom stereocenters. The number of para-hydroxylation sites is 1. The number of hydrogen-bond donors (Lipinski definition) is 1. The van der Waals surface area contributed by atoms with Crippen LogP contribution in [0.15, 0.2) is 47.4 Å². The molecular formula is C25H28F2N2O5S. The summed E-state index contributed by atoms with van der Waals surface area (Å²) >= 11 is 0. The van der Waals surface area contributed by atoms with E-state index in [0.29, 0.717) is 6.54 Å². The molecule has 0 radical (unpaired) electrons. The lowest BCUT2D eigenvalue weighted by atomic mass is 9.65. The maximum absolute atomic E-state index is 13.7. The fourth-order valence-electron chi connectivity index (χ4n) is 5.62. The van der Waals surface area contributed by atoms with E-state index >= 15 is 0 Å². The fourth-order valence-corrected chi connectivity index (χ4v) is 7.44. The molecule has 2 aromatic carbocycles. The van der Waals surface area contributed by atoms with Gasteiger partial charge in [0.15, 0.2) is 6.61 Å². The molecule has 1 amide bonds. The highest BCUT2D eigenvalue weighted by Crippen LogP contribution is 2.53. The average molecular weight is 507 g/mol. The molecule has 0 spiro atoms. The Hall–Kier alpha value is -2.85. The van der Waals surface area contributed by atoms with Crippen LogP contribution in [0, 0.1) is 22.5 Å². The number of ether oxygens (including phenoxy) is 1. The lowest BCUT2D eigenvalue weighted by molar-refractivity contribution is -0.119. The van der Waals surface area contributed by atoms with Crippen LogP contribution in [-0.4, -0.2) is 43.8 Å². The highest BCUT2D eigenvalue weighted by molar-refractivity contribution is 7.89. The van der Waals surface area contributed by atoms with Gasteiger partial charge in [-0.1, -0.05) is 32.9 Å². The van der Waals surface area contributed by atoms with E-state index in [4.69, 9.17) is 4.74 Å². The maximum atomic E-state index is 13.7. The predicted octanol–water partition coefficient (Wildman–Crippen LogP) is 4.35. The number of sulfonamides is 1. The Kier molecular flexibility index (Phi) is 6.48. The molecule has 1 N–H and O–H groups in total. The Morgan fingerprint density at radius 2 is 1.74 bits per heavy atom. The molecule has 188 valence electrons. The van der Waals surface area contributed by atoms with Crippen molar-refractivity contribution >= 4 is 27.6 Å². The van der Waals surface area contributed by atoms with Gasteiger partial charge in [0.25, 0.3) is 5.91 Å². The second-order valence-electron chi connectivity index (χ2n) is 10.5. The molecule has 1 aliphatic heterocycles. The van der Waals surface area contributed by atoms with E-state index in [0.717, 1.165) is 37.5 Å². The summed E-state index contributed by atoms with van der Waals surface area (Å²) in [6.45, 7) is 6.04. The zero-order chi connectivity index (χ0) is 25.6. The molecule has 10 heteroatoms. The first-order valence-corrected chi connectivity index (χ1v) is 12.8. The molecular weight excluding hydrogens is 478 g/mol. The van der Waals surface area contributed by atoms with Gasteiger partial charge in [-0.05, 0) is 60.4 Å². The van der Waals surface area contributed by atoms with Crippen LogP contribution in [0.1, 0.15) is 50.4 Å². The van der Waals surface area contributed by atoms with E-state index in [1.807, 2.05) is 5.32 Å². The first-order valence-electron chi connectivity index (χ1n) is 11.3. The predicted molar refractivity (Wildman–Crippen MR) is 125 cm³/mol. The van der Waals surface area contributed by atoms with Crippen molar-refractivity contribution in [1.29, 1.82) is 0 Å². The SMILES string of the molecule is CC1(C)CC2CC(C)(CN2S(=O)(=O)c2cccc(C(=O)OCC(=O)Nc3c(F)cccc3F)c2)C1. The summed E-state index contributed by atoms with van der Waals surface area (Å²) in [5.41, 5.74) is -0.750. The van der Waals surface area contributed by atoms with E-state index in [9.17, 15) is 26.8 Å². The van der Waals surface area contributed by atoms with E-state index in [-0.39, 0.29) is 27.3 Å². The second kappa shape index (κ2) is 8.98. The molecule has 2 fully saturated rings. The number of amides is 1. The minimum absolute atomic E-state index is 0.0289. The van der Waals surface area contributed by atoms with Gasteiger partial charge < -0.3 is 10.1 Å². The lowest BCUT2D eigenvalue weighted by Gasteiger charge is -2.39. The van der Waals surface area contributed by atoms with Crippen molar-refractivity contribution in [3.8, 4) is 0 Å². The largest absolute Gasteiger partial charge is 0.452 e. The third-order valence-electron chi connectivity index (χ3n) is 6.60. The minimum atomic E-state index is -3.86. The van der Waals surface area contributed by atoms with Crippen molar-refractivity contribution < 1.29 is 31.5 Å². The minimum Gasteiger partial charge on any atom is -0.452 e. The van der Waals surface area contributed by atoms with Crippen LogP contribution in [0.3, 0.4) is 0 Å². The second-order valence-corrected chi connectivity index (χ2v) is 12.4. The molecule has 2 aliphatic rings. The van der Waals surface area contributed by atoms with Gasteiger partial charge in [0.05, 0.1) is 10.5 Å². The number of rotatable bonds is 6. The first kappa shape index (κ1) is 25.2. The third kappa shape index (κ3) is 5.23. The molecule has 35 heavy (non-hydrogen) atoms. The number of nitrogens with one attached hydrogen (secondary N) is 1. The van der Waals surface area contributed by atoms with E-state index < -0.39 is 45.8 Å². The average Bonchev–Trinajstić information content (AvgIpc) is 3.04. The van der Waals surface area contributed by atoms with Gasteiger partial charge in [-0.15, -0.1) is 0 Å². The van der Waals surface area contributed by atoms with Crippen molar-refractivity contribution in [1.82, 2.24) is 4.31 Å². The zero-order valence-corrected chi connectivity index (χ0v) is 20.6. The van der Waals surface area contributed by atoms with Gasteiger partial charge in [-0.3, -0.25) is 4.79 Å². The van der Waals surface area contributed by atoms with Crippen LogP contribution >= 0.6 is 0 Å². The number of carbonyl (C=O) groups is 2. The Bertz CT molecular complexity index is 1260. The zero-order valence-electron chi connectivity index (χ0n) is 19.8. The molecule has 2 unspecified atom stereocenters.